The van der Waals surface area contributed by atoms with Crippen LogP contribution in [0, 0.1) is 0 Å². The molecular weight excluding hydrogens is 471 g/mol. The molecule has 1 N–H and O–H groups in total. The Morgan fingerprint density at radius 1 is 1.10 bits per heavy atom. The molecule has 0 aliphatic carbocycles. The number of halogens is 2. The summed E-state index contributed by atoms with van der Waals surface area (Å²) in [5.41, 5.74) is 1.05. The van der Waals surface area contributed by atoms with Crippen molar-refractivity contribution in [3.63, 3.8) is 0 Å². The van der Waals surface area contributed by atoms with Gasteiger partial charge in [0.2, 0.25) is 15.9 Å². The van der Waals surface area contributed by atoms with Crippen LogP contribution in [0.4, 0.5) is 0 Å². The minimum Gasteiger partial charge on any atom is -0.354 e. The number of nitrogens with zero attached hydrogens (tertiary/aromatic N) is 1. The van der Waals surface area contributed by atoms with E-state index in [0.717, 1.165) is 20.5 Å². The van der Waals surface area contributed by atoms with Gasteiger partial charge in [-0.05, 0) is 48.2 Å². The van der Waals surface area contributed by atoms with Crippen LogP contribution >= 0.6 is 46.7 Å². The molecule has 1 amide bonds. The Labute approximate surface area is 190 Å². The van der Waals surface area contributed by atoms with E-state index in [4.69, 9.17) is 23.2 Å². The van der Waals surface area contributed by atoms with Crippen LogP contribution in [0.3, 0.4) is 0 Å². The van der Waals surface area contributed by atoms with Gasteiger partial charge in [-0.2, -0.15) is 16.1 Å². The van der Waals surface area contributed by atoms with Gasteiger partial charge in [-0.3, -0.25) is 4.79 Å². The van der Waals surface area contributed by atoms with E-state index in [9.17, 15) is 13.2 Å². The van der Waals surface area contributed by atoms with E-state index in [1.54, 1.807) is 42.1 Å². The molecular formula is C19H22Cl2N2O3S3. The minimum atomic E-state index is -3.70. The molecule has 0 unspecified atom stereocenters. The molecule has 158 valence electrons. The maximum atomic E-state index is 12.6. The average Bonchev–Trinajstić information content (AvgIpc) is 2.70. The fourth-order valence-electron chi connectivity index (χ4n) is 2.35. The first kappa shape index (κ1) is 24.4. The number of benzene rings is 2. The first-order chi connectivity index (χ1) is 13.7. The Morgan fingerprint density at radius 3 is 2.41 bits per heavy atom. The van der Waals surface area contributed by atoms with Crippen LogP contribution in [0.15, 0.2) is 52.3 Å². The lowest BCUT2D eigenvalue weighted by Gasteiger charge is -2.17. The number of hydrogen-bond donors (Lipinski definition) is 1. The third kappa shape index (κ3) is 7.38. The fraction of sp³-hybridized carbons (Fsp3) is 0.316. The van der Waals surface area contributed by atoms with Gasteiger partial charge in [0, 0.05) is 30.0 Å². The quantitative estimate of drug-likeness (QED) is 0.393. The molecule has 5 nitrogen and oxygen atoms in total. The molecule has 0 radical (unpaired) electrons. The summed E-state index contributed by atoms with van der Waals surface area (Å²) in [6, 6.07) is 12.1. The normalized spacial score (nSPS) is 11.6. The summed E-state index contributed by atoms with van der Waals surface area (Å²) in [5.74, 6) is 1.10. The summed E-state index contributed by atoms with van der Waals surface area (Å²) in [6.07, 6.45) is 1.92. The van der Waals surface area contributed by atoms with Gasteiger partial charge in [-0.25, -0.2) is 8.42 Å². The molecule has 2 aromatic carbocycles. The number of likely N-dealkylation sites (N-methyl/N-ethyl adjacent to an activating group) is 1. The predicted molar refractivity (Wildman–Crippen MR) is 124 cm³/mol. The molecule has 0 spiro atoms. The number of thioether (sulfide) groups is 2. The Hall–Kier alpha value is -0.900. The van der Waals surface area contributed by atoms with Crippen LogP contribution in [-0.4, -0.2) is 50.8 Å². The van der Waals surface area contributed by atoms with Crippen molar-refractivity contribution in [3.8, 4) is 0 Å². The summed E-state index contributed by atoms with van der Waals surface area (Å²) < 4.78 is 26.2. The second kappa shape index (κ2) is 11.5. The maximum absolute atomic E-state index is 12.6. The first-order valence-electron chi connectivity index (χ1n) is 8.63. The monoisotopic (exact) mass is 492 g/mol. The van der Waals surface area contributed by atoms with E-state index in [1.165, 1.54) is 18.8 Å². The highest BCUT2D eigenvalue weighted by Gasteiger charge is 2.22. The van der Waals surface area contributed by atoms with E-state index >= 15 is 0 Å². The van der Waals surface area contributed by atoms with Crippen LogP contribution in [0.1, 0.15) is 5.56 Å². The maximum Gasteiger partial charge on any atom is 0.243 e. The zero-order valence-corrected chi connectivity index (χ0v) is 20.0. The van der Waals surface area contributed by atoms with Gasteiger partial charge < -0.3 is 5.32 Å². The predicted octanol–water partition coefficient (Wildman–Crippen LogP) is 4.39. The van der Waals surface area contributed by atoms with E-state index < -0.39 is 10.0 Å². The van der Waals surface area contributed by atoms with E-state index in [2.05, 4.69) is 5.32 Å². The molecule has 0 atom stereocenters. The van der Waals surface area contributed by atoms with Crippen molar-refractivity contribution in [2.75, 3.05) is 32.1 Å². The number of rotatable bonds is 10. The van der Waals surface area contributed by atoms with Gasteiger partial charge in [0.25, 0.3) is 0 Å². The standard InChI is InChI=1S/C19H22Cl2N2O3S3/c1-23(29(25,26)16-6-4-15(27-2)5-7-16)12-19(24)22-9-10-28-13-14-3-8-17(20)18(21)11-14/h3-8,11H,9-10,12-13H2,1-2H3,(H,22,24). The Balaban J connectivity index is 1.75. The molecule has 0 aliphatic rings. The molecule has 0 saturated carbocycles. The fourth-order valence-corrected chi connectivity index (χ4v) is 5.01. The van der Waals surface area contributed by atoms with Crippen molar-refractivity contribution in [2.45, 2.75) is 15.5 Å². The Kier molecular flexibility index (Phi) is 9.65. The minimum absolute atomic E-state index is 0.169. The Bertz CT molecular complexity index is 938. The van der Waals surface area contributed by atoms with Crippen molar-refractivity contribution in [3.05, 3.63) is 58.1 Å². The van der Waals surface area contributed by atoms with Gasteiger partial charge in [-0.1, -0.05) is 29.3 Å². The zero-order valence-electron chi connectivity index (χ0n) is 16.0. The largest absolute Gasteiger partial charge is 0.354 e. The topological polar surface area (TPSA) is 66.5 Å². The van der Waals surface area contributed by atoms with Crippen molar-refractivity contribution in [2.24, 2.45) is 0 Å². The SMILES string of the molecule is CSc1ccc(S(=O)(=O)N(C)CC(=O)NCCSCc2ccc(Cl)c(Cl)c2)cc1. The van der Waals surface area contributed by atoms with Gasteiger partial charge in [0.05, 0.1) is 21.5 Å². The van der Waals surface area contributed by atoms with Crippen molar-refractivity contribution in [1.82, 2.24) is 9.62 Å². The smallest absolute Gasteiger partial charge is 0.243 e. The molecule has 0 bridgehead atoms. The van der Waals surface area contributed by atoms with Crippen LogP contribution < -0.4 is 5.32 Å². The number of amides is 1. The van der Waals surface area contributed by atoms with Crippen LogP contribution in [0.2, 0.25) is 10.0 Å². The average molecular weight is 494 g/mol. The Morgan fingerprint density at radius 2 is 1.79 bits per heavy atom. The molecule has 2 rings (SSSR count). The van der Waals surface area contributed by atoms with E-state index in [1.807, 2.05) is 18.4 Å². The molecule has 10 heteroatoms. The highest BCUT2D eigenvalue weighted by molar-refractivity contribution is 7.98. The van der Waals surface area contributed by atoms with Gasteiger partial charge >= 0.3 is 0 Å². The molecule has 0 fully saturated rings. The third-order valence-electron chi connectivity index (χ3n) is 3.96. The number of nitrogens with one attached hydrogen (secondary N) is 1. The number of hydrogen-bond acceptors (Lipinski definition) is 5. The van der Waals surface area contributed by atoms with Crippen molar-refractivity contribution in [1.29, 1.82) is 0 Å². The molecule has 0 aromatic heterocycles. The first-order valence-corrected chi connectivity index (χ1v) is 13.2. The van der Waals surface area contributed by atoms with Crippen molar-refractivity contribution >= 4 is 62.7 Å². The summed E-state index contributed by atoms with van der Waals surface area (Å²) in [5, 5.41) is 3.78. The molecule has 0 heterocycles. The highest BCUT2D eigenvalue weighted by Crippen LogP contribution is 2.24. The summed E-state index contributed by atoms with van der Waals surface area (Å²) in [6.45, 7) is 0.213. The zero-order chi connectivity index (χ0) is 21.4. The lowest BCUT2D eigenvalue weighted by Crippen LogP contribution is -2.39. The number of sulfonamides is 1. The second-order valence-electron chi connectivity index (χ2n) is 6.09. The summed E-state index contributed by atoms with van der Waals surface area (Å²) in [4.78, 5) is 13.2. The van der Waals surface area contributed by atoms with Gasteiger partial charge in [0.15, 0.2) is 0 Å². The number of carbonyl (C=O) groups excluding carboxylic acids is 1. The van der Waals surface area contributed by atoms with E-state index in [-0.39, 0.29) is 17.3 Å². The van der Waals surface area contributed by atoms with Crippen LogP contribution in [0.5, 0.6) is 0 Å². The third-order valence-corrected chi connectivity index (χ3v) is 8.29. The molecule has 0 aliphatic heterocycles. The van der Waals surface area contributed by atoms with E-state index in [0.29, 0.717) is 22.3 Å². The summed E-state index contributed by atoms with van der Waals surface area (Å²) in [7, 11) is -2.30. The van der Waals surface area contributed by atoms with Crippen molar-refractivity contribution < 1.29 is 13.2 Å². The molecule has 2 aromatic rings. The molecule has 29 heavy (non-hydrogen) atoms. The van der Waals surface area contributed by atoms with Crippen LogP contribution in [0.25, 0.3) is 0 Å². The van der Waals surface area contributed by atoms with Gasteiger partial charge in [-0.15, -0.1) is 11.8 Å². The lowest BCUT2D eigenvalue weighted by molar-refractivity contribution is -0.121. The number of carbonyl (C=O) groups is 1. The second-order valence-corrected chi connectivity index (χ2v) is 10.9. The lowest BCUT2D eigenvalue weighted by atomic mass is 10.2. The van der Waals surface area contributed by atoms with Crippen LogP contribution in [-0.2, 0) is 20.6 Å². The van der Waals surface area contributed by atoms with Gasteiger partial charge in [0.1, 0.15) is 0 Å². The highest BCUT2D eigenvalue weighted by atomic mass is 35.5. The molecule has 0 saturated heterocycles. The summed E-state index contributed by atoms with van der Waals surface area (Å²) >= 11 is 15.0.